The van der Waals surface area contributed by atoms with E-state index in [1.54, 1.807) is 0 Å². The van der Waals surface area contributed by atoms with Gasteiger partial charge in [-0.05, 0) is 25.0 Å². The fourth-order valence-electron chi connectivity index (χ4n) is 2.55. The van der Waals surface area contributed by atoms with Gasteiger partial charge < -0.3 is 9.64 Å². The zero-order valence-electron chi connectivity index (χ0n) is 12.4. The van der Waals surface area contributed by atoms with Gasteiger partial charge in [-0.1, -0.05) is 11.6 Å². The van der Waals surface area contributed by atoms with Crippen molar-refractivity contribution in [2.24, 2.45) is 0 Å². The molecule has 1 amide bonds. The lowest BCUT2D eigenvalue weighted by molar-refractivity contribution is -0.385. The lowest BCUT2D eigenvalue weighted by Gasteiger charge is -2.34. The number of ether oxygens (including phenoxy) is 1. The molecule has 0 spiro atoms. The van der Waals surface area contributed by atoms with Crippen LogP contribution in [0.1, 0.15) is 23.2 Å². The van der Waals surface area contributed by atoms with E-state index >= 15 is 0 Å². The van der Waals surface area contributed by atoms with Crippen molar-refractivity contribution in [3.8, 4) is 0 Å². The molecule has 1 aromatic rings. The maximum atomic E-state index is 12.9. The van der Waals surface area contributed by atoms with E-state index < -0.39 is 40.8 Å². The van der Waals surface area contributed by atoms with E-state index in [4.69, 9.17) is 16.3 Å². The first-order valence-electron chi connectivity index (χ1n) is 7.08. The van der Waals surface area contributed by atoms with E-state index in [1.165, 1.54) is 6.07 Å². The number of nitro groups is 1. The quantitative estimate of drug-likeness (QED) is 0.604. The number of hydrogen-bond acceptors (Lipinski definition) is 4. The number of nitro benzene ring substituents is 1. The second kappa shape index (κ2) is 7.35. The maximum Gasteiger partial charge on any atom is 0.406 e. The number of amides is 1. The summed E-state index contributed by atoms with van der Waals surface area (Å²) in [5, 5.41) is 11.1. The van der Waals surface area contributed by atoms with Crippen molar-refractivity contribution >= 4 is 23.2 Å². The lowest BCUT2D eigenvalue weighted by atomic mass is 10.0. The molecule has 0 aromatic heterocycles. The molecule has 1 saturated heterocycles. The van der Waals surface area contributed by atoms with Gasteiger partial charge >= 0.3 is 6.18 Å². The summed E-state index contributed by atoms with van der Waals surface area (Å²) >= 11 is 5.75. The van der Waals surface area contributed by atoms with Crippen molar-refractivity contribution in [3.63, 3.8) is 0 Å². The Hall–Kier alpha value is -1.87. The van der Waals surface area contributed by atoms with Gasteiger partial charge in [-0.25, -0.2) is 0 Å². The van der Waals surface area contributed by atoms with Gasteiger partial charge in [0.25, 0.3) is 11.6 Å². The highest BCUT2D eigenvalue weighted by Gasteiger charge is 2.39. The monoisotopic (exact) mass is 366 g/mol. The van der Waals surface area contributed by atoms with Crippen LogP contribution in [-0.4, -0.2) is 47.7 Å². The van der Waals surface area contributed by atoms with E-state index in [0.717, 1.165) is 12.1 Å². The molecule has 132 valence electrons. The number of nitrogens with zero attached hydrogens (tertiary/aromatic N) is 2. The van der Waals surface area contributed by atoms with Gasteiger partial charge in [0.05, 0.1) is 4.92 Å². The number of carbonyl (C=O) groups is 1. The van der Waals surface area contributed by atoms with Crippen LogP contribution < -0.4 is 0 Å². The molecule has 1 aliphatic heterocycles. The predicted molar refractivity (Wildman–Crippen MR) is 79.0 cm³/mol. The SMILES string of the molecule is O=C(c1cc(Cl)ccc1[N+](=O)[O-])N(CC(F)(F)F)C1CCOCC1. The zero-order chi connectivity index (χ0) is 17.9. The van der Waals surface area contributed by atoms with Crippen LogP contribution in [0.5, 0.6) is 0 Å². The summed E-state index contributed by atoms with van der Waals surface area (Å²) in [4.78, 5) is 23.5. The molecule has 24 heavy (non-hydrogen) atoms. The van der Waals surface area contributed by atoms with E-state index in [2.05, 4.69) is 0 Å². The summed E-state index contributed by atoms with van der Waals surface area (Å²) in [5.74, 6) is -1.06. The van der Waals surface area contributed by atoms with Crippen molar-refractivity contribution in [3.05, 3.63) is 38.9 Å². The summed E-state index contributed by atoms with van der Waals surface area (Å²) in [7, 11) is 0. The van der Waals surface area contributed by atoms with Crippen LogP contribution in [0.25, 0.3) is 0 Å². The molecular weight excluding hydrogens is 353 g/mol. The number of benzene rings is 1. The van der Waals surface area contributed by atoms with Gasteiger partial charge in [-0.3, -0.25) is 14.9 Å². The second-order valence-corrected chi connectivity index (χ2v) is 5.75. The standard InChI is InChI=1S/C14H14ClF3N2O4/c15-9-1-2-12(20(22)23)11(7-9)13(21)19(8-14(16,17)18)10-3-5-24-6-4-10/h1-2,7,10H,3-6,8H2. The summed E-state index contributed by atoms with van der Waals surface area (Å²) < 4.78 is 43.8. The fraction of sp³-hybridized carbons (Fsp3) is 0.500. The van der Waals surface area contributed by atoms with E-state index in [-0.39, 0.29) is 31.1 Å². The maximum absolute atomic E-state index is 12.9. The van der Waals surface area contributed by atoms with E-state index in [9.17, 15) is 28.1 Å². The minimum Gasteiger partial charge on any atom is -0.381 e. The normalized spacial score (nSPS) is 16.0. The van der Waals surface area contributed by atoms with Crippen LogP contribution in [-0.2, 0) is 4.74 Å². The third-order valence-corrected chi connectivity index (χ3v) is 3.86. The first kappa shape index (κ1) is 18.5. The van der Waals surface area contributed by atoms with Crippen molar-refractivity contribution < 1.29 is 27.6 Å². The van der Waals surface area contributed by atoms with Gasteiger partial charge in [0.2, 0.25) is 0 Å². The molecule has 0 saturated carbocycles. The highest BCUT2D eigenvalue weighted by atomic mass is 35.5. The van der Waals surface area contributed by atoms with Gasteiger partial charge in [-0.2, -0.15) is 13.2 Å². The summed E-state index contributed by atoms with van der Waals surface area (Å²) in [6.45, 7) is -1.03. The first-order valence-corrected chi connectivity index (χ1v) is 7.46. The number of rotatable bonds is 4. The van der Waals surface area contributed by atoms with E-state index in [0.29, 0.717) is 4.90 Å². The average molecular weight is 367 g/mol. The molecule has 0 unspecified atom stereocenters. The van der Waals surface area contributed by atoms with Crippen molar-refractivity contribution in [2.45, 2.75) is 25.1 Å². The van der Waals surface area contributed by atoms with Gasteiger partial charge in [0, 0.05) is 30.3 Å². The molecule has 10 heteroatoms. The average Bonchev–Trinajstić information content (AvgIpc) is 2.51. The third-order valence-electron chi connectivity index (χ3n) is 3.63. The van der Waals surface area contributed by atoms with Crippen LogP contribution in [0.15, 0.2) is 18.2 Å². The predicted octanol–water partition coefficient (Wildman–Crippen LogP) is 3.43. The Morgan fingerprint density at radius 2 is 2.00 bits per heavy atom. The second-order valence-electron chi connectivity index (χ2n) is 5.31. The molecule has 1 heterocycles. The molecular formula is C14H14ClF3N2O4. The number of halogens is 4. The van der Waals surface area contributed by atoms with Crippen molar-refractivity contribution in [1.82, 2.24) is 4.90 Å². The molecule has 0 aliphatic carbocycles. The van der Waals surface area contributed by atoms with Gasteiger partial charge in [0.15, 0.2) is 0 Å². The molecule has 0 bridgehead atoms. The summed E-state index contributed by atoms with van der Waals surface area (Å²) in [6, 6.07) is 2.53. The largest absolute Gasteiger partial charge is 0.406 e. The Morgan fingerprint density at radius 3 is 2.54 bits per heavy atom. The molecule has 0 atom stereocenters. The highest BCUT2D eigenvalue weighted by molar-refractivity contribution is 6.31. The molecule has 1 fully saturated rings. The summed E-state index contributed by atoms with van der Waals surface area (Å²) in [5.41, 5.74) is -1.04. The van der Waals surface area contributed by atoms with Crippen LogP contribution in [0, 0.1) is 10.1 Å². The zero-order valence-corrected chi connectivity index (χ0v) is 13.1. The molecule has 1 aromatic carbocycles. The van der Waals surface area contributed by atoms with E-state index in [1.807, 2.05) is 0 Å². The Bertz CT molecular complexity index is 633. The minimum atomic E-state index is -4.62. The number of hydrogen-bond donors (Lipinski definition) is 0. The molecule has 1 aliphatic rings. The molecule has 2 rings (SSSR count). The molecule has 0 radical (unpaired) electrons. The van der Waals surface area contributed by atoms with Gasteiger partial charge in [0.1, 0.15) is 12.1 Å². The third kappa shape index (κ3) is 4.57. The minimum absolute atomic E-state index is 0.0305. The number of alkyl halides is 3. The van der Waals surface area contributed by atoms with Crippen LogP contribution in [0.2, 0.25) is 5.02 Å². The van der Waals surface area contributed by atoms with Crippen molar-refractivity contribution in [2.75, 3.05) is 19.8 Å². The van der Waals surface area contributed by atoms with Crippen LogP contribution >= 0.6 is 11.6 Å². The lowest BCUT2D eigenvalue weighted by Crippen LogP contribution is -2.48. The molecule has 6 nitrogen and oxygen atoms in total. The first-order chi connectivity index (χ1) is 11.2. The smallest absolute Gasteiger partial charge is 0.381 e. The Balaban J connectivity index is 2.40. The summed E-state index contributed by atoms with van der Waals surface area (Å²) in [6.07, 6.45) is -4.16. The fourth-order valence-corrected chi connectivity index (χ4v) is 2.72. The van der Waals surface area contributed by atoms with Crippen LogP contribution in [0.4, 0.5) is 18.9 Å². The Morgan fingerprint density at radius 1 is 1.38 bits per heavy atom. The van der Waals surface area contributed by atoms with Crippen LogP contribution in [0.3, 0.4) is 0 Å². The highest BCUT2D eigenvalue weighted by Crippen LogP contribution is 2.28. The Labute approximate surface area is 140 Å². The molecule has 0 N–H and O–H groups in total. The Kier molecular flexibility index (Phi) is 5.66. The van der Waals surface area contributed by atoms with Gasteiger partial charge in [-0.15, -0.1) is 0 Å². The van der Waals surface area contributed by atoms with Crippen molar-refractivity contribution in [1.29, 1.82) is 0 Å². The topological polar surface area (TPSA) is 72.7 Å². The number of carbonyl (C=O) groups excluding carboxylic acids is 1.